The van der Waals surface area contributed by atoms with Crippen LogP contribution in [0, 0.1) is 5.92 Å². The van der Waals surface area contributed by atoms with Gasteiger partial charge < -0.3 is 5.32 Å². The number of fused-ring (bicyclic) bond motifs is 1. The minimum Gasteiger partial charge on any atom is -0.326 e. The molecule has 0 saturated carbocycles. The molecule has 0 aliphatic carbocycles. The number of sulfonamides is 1. The van der Waals surface area contributed by atoms with Gasteiger partial charge in [0.05, 0.1) is 4.90 Å². The number of carbonyl (C=O) groups excluding carboxylic acids is 2. The summed E-state index contributed by atoms with van der Waals surface area (Å²) in [5.74, 6) is -0.108. The maximum Gasteiger partial charge on any atom is 0.243 e. The number of ketones is 1. The summed E-state index contributed by atoms with van der Waals surface area (Å²) in [6.07, 6.45) is 1.95. The van der Waals surface area contributed by atoms with E-state index >= 15 is 0 Å². The van der Waals surface area contributed by atoms with Crippen molar-refractivity contribution in [2.45, 2.75) is 30.6 Å². The van der Waals surface area contributed by atoms with Gasteiger partial charge in [0, 0.05) is 36.7 Å². The van der Waals surface area contributed by atoms with Gasteiger partial charge >= 0.3 is 0 Å². The highest BCUT2D eigenvalue weighted by Gasteiger charge is 2.33. The molecular weight excluding hydrogens is 376 g/mol. The van der Waals surface area contributed by atoms with Crippen LogP contribution in [0.3, 0.4) is 0 Å². The topological polar surface area (TPSA) is 83.6 Å². The summed E-state index contributed by atoms with van der Waals surface area (Å²) in [4.78, 5) is 24.3. The molecule has 146 valence electrons. The molecular formula is C21H22N2O4S. The van der Waals surface area contributed by atoms with Crippen LogP contribution in [0.25, 0.3) is 0 Å². The summed E-state index contributed by atoms with van der Waals surface area (Å²) in [5.41, 5.74) is 2.21. The van der Waals surface area contributed by atoms with E-state index in [2.05, 4.69) is 5.32 Å². The first kappa shape index (κ1) is 18.8. The number of nitrogens with zero attached hydrogens (tertiary/aromatic N) is 1. The number of aryl methyl sites for hydroxylation is 1. The fourth-order valence-corrected chi connectivity index (χ4v) is 5.39. The molecule has 4 rings (SSSR count). The van der Waals surface area contributed by atoms with Gasteiger partial charge in [-0.15, -0.1) is 0 Å². The third kappa shape index (κ3) is 3.59. The van der Waals surface area contributed by atoms with Crippen molar-refractivity contribution in [1.29, 1.82) is 0 Å². The number of piperidine rings is 1. The molecule has 1 amide bonds. The van der Waals surface area contributed by atoms with Crippen LogP contribution in [0.2, 0.25) is 0 Å². The van der Waals surface area contributed by atoms with Crippen molar-refractivity contribution in [1.82, 2.24) is 4.31 Å². The maximum absolute atomic E-state index is 13.0. The van der Waals surface area contributed by atoms with Crippen molar-refractivity contribution in [2.24, 2.45) is 5.92 Å². The number of hydrogen-bond acceptors (Lipinski definition) is 4. The lowest BCUT2D eigenvalue weighted by molar-refractivity contribution is -0.116. The van der Waals surface area contributed by atoms with Crippen LogP contribution in [0.1, 0.15) is 35.2 Å². The van der Waals surface area contributed by atoms with E-state index in [0.29, 0.717) is 50.0 Å². The zero-order valence-electron chi connectivity index (χ0n) is 15.4. The highest BCUT2D eigenvalue weighted by atomic mass is 32.2. The lowest BCUT2D eigenvalue weighted by Gasteiger charge is -2.31. The summed E-state index contributed by atoms with van der Waals surface area (Å²) >= 11 is 0. The van der Waals surface area contributed by atoms with Crippen LogP contribution in [0.5, 0.6) is 0 Å². The predicted octanol–water partition coefficient (Wildman–Crippen LogP) is 2.85. The molecule has 0 atom stereocenters. The van der Waals surface area contributed by atoms with Crippen LogP contribution >= 0.6 is 0 Å². The van der Waals surface area contributed by atoms with Gasteiger partial charge in [-0.1, -0.05) is 30.3 Å². The summed E-state index contributed by atoms with van der Waals surface area (Å²) in [7, 11) is -3.61. The molecule has 0 unspecified atom stereocenters. The summed E-state index contributed by atoms with van der Waals surface area (Å²) < 4.78 is 27.5. The van der Waals surface area contributed by atoms with Gasteiger partial charge in [0.2, 0.25) is 15.9 Å². The minimum absolute atomic E-state index is 0.0479. The second kappa shape index (κ2) is 7.48. The first-order valence-electron chi connectivity index (χ1n) is 9.47. The van der Waals surface area contributed by atoms with E-state index < -0.39 is 10.0 Å². The van der Waals surface area contributed by atoms with E-state index in [0.717, 1.165) is 5.56 Å². The Kier molecular flexibility index (Phi) is 5.03. The standard InChI is InChI=1S/C21H22N2O4S/c24-20-9-6-17-14-18(7-8-19(17)22-20)28(26,27)23-12-10-16(11-13-23)21(25)15-4-2-1-3-5-15/h1-5,7-8,14,16H,6,9-13H2,(H,22,24). The molecule has 28 heavy (non-hydrogen) atoms. The second-order valence-corrected chi connectivity index (χ2v) is 9.21. The number of rotatable bonds is 4. The van der Waals surface area contributed by atoms with E-state index in [4.69, 9.17) is 0 Å². The molecule has 0 aromatic heterocycles. The number of amides is 1. The molecule has 2 heterocycles. The quantitative estimate of drug-likeness (QED) is 0.803. The molecule has 7 heteroatoms. The van der Waals surface area contributed by atoms with Crippen molar-refractivity contribution in [3.8, 4) is 0 Å². The number of Topliss-reactive ketones (excluding diaryl/α,β-unsaturated/α-hetero) is 1. The smallest absolute Gasteiger partial charge is 0.243 e. The highest BCUT2D eigenvalue weighted by molar-refractivity contribution is 7.89. The molecule has 6 nitrogen and oxygen atoms in total. The molecule has 2 aromatic rings. The SMILES string of the molecule is O=C1CCc2cc(S(=O)(=O)N3CCC(C(=O)c4ccccc4)CC3)ccc2N1. The Balaban J connectivity index is 1.47. The Morgan fingerprint density at radius 1 is 1.00 bits per heavy atom. The lowest BCUT2D eigenvalue weighted by atomic mass is 9.90. The van der Waals surface area contributed by atoms with E-state index in [9.17, 15) is 18.0 Å². The number of anilines is 1. The van der Waals surface area contributed by atoms with Crippen molar-refractivity contribution in [2.75, 3.05) is 18.4 Å². The molecule has 0 radical (unpaired) electrons. The number of nitrogens with one attached hydrogen (secondary N) is 1. The van der Waals surface area contributed by atoms with Crippen LogP contribution in [0.15, 0.2) is 53.4 Å². The number of benzene rings is 2. The van der Waals surface area contributed by atoms with Crippen molar-refractivity contribution >= 4 is 27.4 Å². The monoisotopic (exact) mass is 398 g/mol. The maximum atomic E-state index is 13.0. The van der Waals surface area contributed by atoms with Gasteiger partial charge in [0.25, 0.3) is 0 Å². The third-order valence-corrected chi connectivity index (χ3v) is 7.39. The summed E-state index contributed by atoms with van der Waals surface area (Å²) in [6, 6.07) is 14.0. The molecule has 1 saturated heterocycles. The number of hydrogen-bond donors (Lipinski definition) is 1. The van der Waals surface area contributed by atoms with Gasteiger partial charge in [-0.2, -0.15) is 4.31 Å². The van der Waals surface area contributed by atoms with Gasteiger partial charge in [0.1, 0.15) is 0 Å². The average Bonchev–Trinajstić information content (AvgIpc) is 2.73. The first-order valence-corrected chi connectivity index (χ1v) is 10.9. The Morgan fingerprint density at radius 3 is 2.43 bits per heavy atom. The molecule has 0 spiro atoms. The van der Waals surface area contributed by atoms with Crippen molar-refractivity contribution in [3.05, 3.63) is 59.7 Å². The minimum atomic E-state index is -3.61. The third-order valence-electron chi connectivity index (χ3n) is 5.49. The first-order chi connectivity index (χ1) is 13.4. The lowest BCUT2D eigenvalue weighted by Crippen LogP contribution is -2.40. The Hall–Kier alpha value is -2.51. The van der Waals surface area contributed by atoms with Gasteiger partial charge in [0.15, 0.2) is 5.78 Å². The van der Waals surface area contributed by atoms with Crippen molar-refractivity contribution in [3.63, 3.8) is 0 Å². The molecule has 2 aliphatic heterocycles. The van der Waals surface area contributed by atoms with E-state index in [-0.39, 0.29) is 22.5 Å². The van der Waals surface area contributed by atoms with Crippen LogP contribution in [-0.2, 0) is 21.2 Å². The summed E-state index contributed by atoms with van der Waals surface area (Å²) in [6.45, 7) is 0.665. The molecule has 1 N–H and O–H groups in total. The predicted molar refractivity (Wildman–Crippen MR) is 106 cm³/mol. The molecule has 1 fully saturated rings. The van der Waals surface area contributed by atoms with Gasteiger partial charge in [-0.05, 0) is 43.0 Å². The second-order valence-electron chi connectivity index (χ2n) is 7.28. The fraction of sp³-hybridized carbons (Fsp3) is 0.333. The zero-order valence-corrected chi connectivity index (χ0v) is 16.2. The van der Waals surface area contributed by atoms with Crippen molar-refractivity contribution < 1.29 is 18.0 Å². The Labute approximate surface area is 164 Å². The van der Waals surface area contributed by atoms with Crippen LogP contribution in [-0.4, -0.2) is 37.5 Å². The zero-order chi connectivity index (χ0) is 19.7. The van der Waals surface area contributed by atoms with Gasteiger partial charge in [-0.25, -0.2) is 8.42 Å². The highest BCUT2D eigenvalue weighted by Crippen LogP contribution is 2.30. The van der Waals surface area contributed by atoms with E-state index in [1.54, 1.807) is 30.3 Å². The van der Waals surface area contributed by atoms with E-state index in [1.165, 1.54) is 4.31 Å². The Bertz CT molecular complexity index is 1010. The van der Waals surface area contributed by atoms with E-state index in [1.807, 2.05) is 18.2 Å². The average molecular weight is 398 g/mol. The fourth-order valence-electron chi connectivity index (χ4n) is 3.87. The largest absolute Gasteiger partial charge is 0.326 e. The van der Waals surface area contributed by atoms with Crippen LogP contribution < -0.4 is 5.32 Å². The molecule has 0 bridgehead atoms. The van der Waals surface area contributed by atoms with Crippen LogP contribution in [0.4, 0.5) is 5.69 Å². The van der Waals surface area contributed by atoms with Gasteiger partial charge in [-0.3, -0.25) is 9.59 Å². The number of carbonyl (C=O) groups is 2. The summed E-state index contributed by atoms with van der Waals surface area (Å²) in [5, 5.41) is 2.77. The molecule has 2 aliphatic rings. The normalized spacial score (nSPS) is 18.4. The Morgan fingerprint density at radius 2 is 1.71 bits per heavy atom. The molecule has 2 aromatic carbocycles.